The first-order valence-electron chi connectivity index (χ1n) is 17.0. The first kappa shape index (κ1) is 32.6. The summed E-state index contributed by atoms with van der Waals surface area (Å²) in [5, 5.41) is 5.35. The van der Waals surface area contributed by atoms with Crippen LogP contribution in [-0.2, 0) is 30.2 Å². The van der Waals surface area contributed by atoms with Gasteiger partial charge in [0.15, 0.2) is 0 Å². The Labute approximate surface area is 311 Å². The van der Waals surface area contributed by atoms with E-state index in [4.69, 9.17) is 0 Å². The zero-order valence-electron chi connectivity index (χ0n) is 27.3. The molecule has 0 spiro atoms. The Morgan fingerprint density at radius 1 is 0.400 bits per heavy atom. The van der Waals surface area contributed by atoms with Gasteiger partial charge in [0.05, 0.1) is 0 Å². The van der Waals surface area contributed by atoms with E-state index in [2.05, 4.69) is 170 Å². The van der Waals surface area contributed by atoms with E-state index in [0.29, 0.717) is 0 Å². The average molecular weight is 716 g/mol. The Morgan fingerprint density at radius 2 is 0.820 bits per heavy atom. The Balaban J connectivity index is 0.00000180. The van der Waals surface area contributed by atoms with Crippen LogP contribution in [0.5, 0.6) is 0 Å². The van der Waals surface area contributed by atoms with Crippen molar-refractivity contribution < 1.29 is 42.2 Å². The van der Waals surface area contributed by atoms with Crippen LogP contribution in [0, 0.1) is 0 Å². The van der Waals surface area contributed by atoms with E-state index in [1.54, 1.807) is 7.76 Å². The van der Waals surface area contributed by atoms with Gasteiger partial charge in [-0.25, -0.2) is 0 Å². The first-order valence-corrected chi connectivity index (χ1v) is 19.3. The third-order valence-electron chi connectivity index (χ3n) is 10.5. The van der Waals surface area contributed by atoms with Gasteiger partial charge in [-0.15, -0.1) is 0 Å². The summed E-state index contributed by atoms with van der Waals surface area (Å²) in [6.07, 6.45) is 16.9. The number of allylic oxidation sites excluding steroid dienone is 12. The molecule has 6 aromatic rings. The quantitative estimate of drug-likeness (QED) is 0.223. The summed E-state index contributed by atoms with van der Waals surface area (Å²) in [4.78, 5) is 0. The molecule has 0 bridgehead atoms. The van der Waals surface area contributed by atoms with Gasteiger partial charge < -0.3 is 24.8 Å². The Morgan fingerprint density at radius 3 is 1.28 bits per heavy atom. The third-order valence-corrected chi connectivity index (χ3v) is 15.3. The average Bonchev–Trinajstić information content (AvgIpc) is 3.79. The summed E-state index contributed by atoms with van der Waals surface area (Å²) in [5.41, 5.74) is 14.1. The van der Waals surface area contributed by atoms with Crippen LogP contribution in [0.15, 0.2) is 189 Å². The predicted octanol–water partition coefficient (Wildman–Crippen LogP) is 5.12. The van der Waals surface area contributed by atoms with Gasteiger partial charge >= 0.3 is 289 Å². The molecule has 0 radical (unpaired) electrons. The molecule has 0 saturated carbocycles. The molecule has 0 saturated heterocycles. The molecule has 3 heteroatoms. The number of benzene rings is 6. The summed E-state index contributed by atoms with van der Waals surface area (Å²) in [5.74, 6) is 0. The number of fused-ring (bicyclic) bond motifs is 10. The zero-order valence-corrected chi connectivity index (χ0v) is 30.4. The van der Waals surface area contributed by atoms with Crippen LogP contribution in [0.4, 0.5) is 0 Å². The van der Waals surface area contributed by atoms with Gasteiger partial charge in [0, 0.05) is 0 Å². The van der Waals surface area contributed by atoms with E-state index in [1.807, 2.05) is 0 Å². The normalized spacial score (nSPS) is 14.9. The van der Waals surface area contributed by atoms with Gasteiger partial charge in [0.25, 0.3) is 0 Å². The zero-order chi connectivity index (χ0) is 31.6. The topological polar surface area (TPSA) is 0 Å². The summed E-state index contributed by atoms with van der Waals surface area (Å²) in [6, 6.07) is 49.5. The molecule has 4 aliphatic carbocycles. The fraction of sp³-hybridized carbons (Fsp3) is 0.0426. The molecule has 0 fully saturated rings. The number of halogens is 2. The standard InChI is InChI=1S/2C17H11.C13H10.2ClH.Ti/c2*1-2-6-15-12(4-1)8-10-14-11-9-13-5-3-7-16(13)17(14)15;1-3-7-12(8-4-1)11-13-9-5-2-6-10-13;;;/h2*1-4,6-10H,11H2;1-10H;2*1H;/q;;;;;+2/p-2. The van der Waals surface area contributed by atoms with Crippen molar-refractivity contribution in [3.05, 3.63) is 222 Å². The second-order valence-electron chi connectivity index (χ2n) is 13.1. The van der Waals surface area contributed by atoms with Gasteiger partial charge in [-0.1, -0.05) is 0 Å². The summed E-state index contributed by atoms with van der Waals surface area (Å²) < 4.78 is 4.63. The van der Waals surface area contributed by atoms with Gasteiger partial charge in [-0.3, -0.25) is 0 Å². The molecule has 0 aliphatic heterocycles. The molecule has 50 heavy (non-hydrogen) atoms. The molecule has 0 heterocycles. The van der Waals surface area contributed by atoms with Crippen molar-refractivity contribution in [2.45, 2.75) is 12.8 Å². The second-order valence-corrected chi connectivity index (χ2v) is 16.7. The van der Waals surface area contributed by atoms with Crippen LogP contribution >= 0.6 is 0 Å². The number of rotatable bonds is 4. The minimum absolute atomic E-state index is 0. The first-order chi connectivity index (χ1) is 23.8. The SMILES string of the molecule is C1=C2C(=CC=[C]2[Ti+2]([C]2=CC=C3C2=CCc2ccc4ccccc4c23)=[C](c2ccccc2)c2ccccc2)c2c(ccc3ccccc23)C1.[Cl-].[Cl-]. The molecule has 0 amide bonds. The molecular formula is C47H32Cl2Ti. The smallest absolute Gasteiger partial charge is 1.00 e. The van der Waals surface area contributed by atoms with Gasteiger partial charge in [0.2, 0.25) is 0 Å². The van der Waals surface area contributed by atoms with E-state index in [1.165, 1.54) is 81.0 Å². The summed E-state index contributed by atoms with van der Waals surface area (Å²) in [6.45, 7) is 0. The van der Waals surface area contributed by atoms with Crippen molar-refractivity contribution in [3.8, 4) is 0 Å². The van der Waals surface area contributed by atoms with Crippen molar-refractivity contribution in [3.63, 3.8) is 0 Å². The van der Waals surface area contributed by atoms with Crippen molar-refractivity contribution in [1.29, 1.82) is 0 Å². The summed E-state index contributed by atoms with van der Waals surface area (Å²) in [7, 11) is 0. The van der Waals surface area contributed by atoms with E-state index in [0.717, 1.165) is 12.8 Å². The number of hydrogen-bond donors (Lipinski definition) is 0. The van der Waals surface area contributed by atoms with Crippen LogP contribution in [0.2, 0.25) is 0 Å². The largest absolute Gasteiger partial charge is 1.00 e. The molecule has 0 N–H and O–H groups in total. The van der Waals surface area contributed by atoms with E-state index in [9.17, 15) is 0 Å². The van der Waals surface area contributed by atoms with Crippen LogP contribution < -0.4 is 24.8 Å². The van der Waals surface area contributed by atoms with Gasteiger partial charge in [0.1, 0.15) is 0 Å². The minimum atomic E-state index is -2.47. The maximum atomic E-state index is 2.53. The third kappa shape index (κ3) is 5.14. The molecular weight excluding hydrogens is 683 g/mol. The monoisotopic (exact) mass is 714 g/mol. The Bertz CT molecular complexity index is 2400. The van der Waals surface area contributed by atoms with Crippen molar-refractivity contribution in [1.82, 2.24) is 0 Å². The predicted molar refractivity (Wildman–Crippen MR) is 200 cm³/mol. The minimum Gasteiger partial charge on any atom is -1.00 e. The van der Waals surface area contributed by atoms with Crippen molar-refractivity contribution in [2.75, 3.05) is 0 Å². The van der Waals surface area contributed by atoms with E-state index < -0.39 is 17.4 Å². The molecule has 4 aliphatic rings. The molecule has 0 nitrogen and oxygen atoms in total. The van der Waals surface area contributed by atoms with Crippen LogP contribution in [0.3, 0.4) is 0 Å². The fourth-order valence-corrected chi connectivity index (χ4v) is 13.5. The van der Waals surface area contributed by atoms with Crippen LogP contribution in [-0.4, -0.2) is 3.81 Å². The molecule has 6 aromatic carbocycles. The van der Waals surface area contributed by atoms with Gasteiger partial charge in [-0.05, 0) is 0 Å². The van der Waals surface area contributed by atoms with E-state index >= 15 is 0 Å². The van der Waals surface area contributed by atoms with Crippen molar-refractivity contribution >= 4 is 36.5 Å². The molecule has 10 rings (SSSR count). The molecule has 0 atom stereocenters. The van der Waals surface area contributed by atoms with Crippen LogP contribution in [0.25, 0.3) is 32.7 Å². The fourth-order valence-electron chi connectivity index (χ4n) is 8.41. The second kappa shape index (κ2) is 13.3. The van der Waals surface area contributed by atoms with E-state index in [-0.39, 0.29) is 24.8 Å². The van der Waals surface area contributed by atoms with Crippen molar-refractivity contribution in [2.24, 2.45) is 0 Å². The molecule has 0 unspecified atom stereocenters. The maximum absolute atomic E-state index is 2.53. The summed E-state index contributed by atoms with van der Waals surface area (Å²) >= 11 is -2.47. The Kier molecular flexibility index (Phi) is 8.68. The number of hydrogen-bond acceptors (Lipinski definition) is 0. The van der Waals surface area contributed by atoms with Crippen LogP contribution in [0.1, 0.15) is 33.4 Å². The maximum Gasteiger partial charge on any atom is -1.00 e. The van der Waals surface area contributed by atoms with Gasteiger partial charge in [-0.2, -0.15) is 0 Å². The molecule has 0 aromatic heterocycles. The molecule has 238 valence electrons. The Hall–Kier alpha value is -4.56.